The highest BCUT2D eigenvalue weighted by atomic mass is 19.4. The van der Waals surface area contributed by atoms with Crippen LogP contribution in [0.2, 0.25) is 0 Å². The number of halogens is 7. The average molecular weight is 584 g/mol. The summed E-state index contributed by atoms with van der Waals surface area (Å²) in [4.78, 5) is 14.2. The maximum absolute atomic E-state index is 14.7. The van der Waals surface area contributed by atoms with Crippen molar-refractivity contribution < 1.29 is 45.0 Å². The molecule has 0 bridgehead atoms. The number of cyclic esters (lactones) is 1. The summed E-state index contributed by atoms with van der Waals surface area (Å²) in [5.74, 6) is -0.319. The Kier molecular flexibility index (Phi) is 8.03. The fourth-order valence-electron chi connectivity index (χ4n) is 5.00. The van der Waals surface area contributed by atoms with E-state index in [4.69, 9.17) is 9.47 Å². The number of carbonyl (C=O) groups is 1. The van der Waals surface area contributed by atoms with Crippen molar-refractivity contribution in [3.05, 3.63) is 87.7 Å². The Bertz CT molecular complexity index is 1430. The second-order valence-electron chi connectivity index (χ2n) is 10.4. The Labute approximate surface area is 232 Å². The van der Waals surface area contributed by atoms with Gasteiger partial charge in [-0.1, -0.05) is 37.6 Å². The molecular formula is C30H28F7NO3. The van der Waals surface area contributed by atoms with Gasteiger partial charge in [0.1, 0.15) is 17.7 Å². The van der Waals surface area contributed by atoms with E-state index in [1.807, 2.05) is 26.8 Å². The molecule has 1 aliphatic rings. The van der Waals surface area contributed by atoms with Gasteiger partial charge in [0.25, 0.3) is 0 Å². The molecule has 3 aromatic rings. The summed E-state index contributed by atoms with van der Waals surface area (Å²) in [5, 5.41) is 0. The van der Waals surface area contributed by atoms with E-state index in [1.54, 1.807) is 18.2 Å². The Morgan fingerprint density at radius 3 is 2.07 bits per heavy atom. The first-order valence-electron chi connectivity index (χ1n) is 12.7. The predicted molar refractivity (Wildman–Crippen MR) is 138 cm³/mol. The summed E-state index contributed by atoms with van der Waals surface area (Å²) in [6.45, 7) is 6.92. The number of hydrogen-bond acceptors (Lipinski definition) is 3. The van der Waals surface area contributed by atoms with Crippen LogP contribution in [-0.2, 0) is 23.6 Å². The number of rotatable bonds is 6. The molecule has 0 radical (unpaired) electrons. The molecular weight excluding hydrogens is 555 g/mol. The Balaban J connectivity index is 1.75. The maximum atomic E-state index is 14.7. The first kappa shape index (κ1) is 30.2. The minimum atomic E-state index is -5.04. The lowest BCUT2D eigenvalue weighted by atomic mass is 9.92. The number of benzene rings is 3. The predicted octanol–water partition coefficient (Wildman–Crippen LogP) is 9.05. The molecule has 0 spiro atoms. The van der Waals surface area contributed by atoms with E-state index < -0.39 is 53.1 Å². The Morgan fingerprint density at radius 2 is 1.54 bits per heavy atom. The molecule has 4 rings (SSSR count). The molecule has 1 heterocycles. The largest absolute Gasteiger partial charge is 0.496 e. The van der Waals surface area contributed by atoms with E-state index >= 15 is 0 Å². The van der Waals surface area contributed by atoms with Crippen molar-refractivity contribution in [2.24, 2.45) is 0 Å². The lowest BCUT2D eigenvalue weighted by molar-refractivity contribution is -0.143. The molecule has 1 amide bonds. The van der Waals surface area contributed by atoms with E-state index in [-0.39, 0.29) is 24.3 Å². The van der Waals surface area contributed by atoms with Crippen LogP contribution in [-0.4, -0.2) is 24.1 Å². The van der Waals surface area contributed by atoms with Gasteiger partial charge in [-0.25, -0.2) is 9.18 Å². The zero-order valence-corrected chi connectivity index (χ0v) is 22.9. The fraction of sp³-hybridized carbons (Fsp3) is 0.367. The molecule has 3 aromatic carbocycles. The lowest BCUT2D eigenvalue weighted by Crippen LogP contribution is -2.31. The number of methoxy groups -OCH3 is 1. The number of nitrogens with zero attached hydrogens (tertiary/aromatic N) is 1. The average Bonchev–Trinajstić information content (AvgIpc) is 3.15. The van der Waals surface area contributed by atoms with E-state index in [2.05, 4.69) is 0 Å². The van der Waals surface area contributed by atoms with E-state index in [9.17, 15) is 35.5 Å². The van der Waals surface area contributed by atoms with Gasteiger partial charge in [-0.3, -0.25) is 4.90 Å². The van der Waals surface area contributed by atoms with Gasteiger partial charge < -0.3 is 9.47 Å². The summed E-state index contributed by atoms with van der Waals surface area (Å²) >= 11 is 0. The topological polar surface area (TPSA) is 38.8 Å². The number of ether oxygens (including phenoxy) is 2. The minimum absolute atomic E-state index is 0.0310. The van der Waals surface area contributed by atoms with Crippen LogP contribution in [0.1, 0.15) is 66.2 Å². The Hall–Kier alpha value is -3.76. The van der Waals surface area contributed by atoms with Crippen LogP contribution in [0.15, 0.2) is 48.5 Å². The summed E-state index contributed by atoms with van der Waals surface area (Å²) in [5.41, 5.74) is -0.322. The number of alkyl halides is 6. The van der Waals surface area contributed by atoms with Crippen molar-refractivity contribution in [1.82, 2.24) is 4.90 Å². The van der Waals surface area contributed by atoms with Crippen molar-refractivity contribution in [2.75, 3.05) is 7.11 Å². The van der Waals surface area contributed by atoms with Crippen molar-refractivity contribution in [1.29, 1.82) is 0 Å². The highest BCUT2D eigenvalue weighted by Gasteiger charge is 2.43. The second-order valence-corrected chi connectivity index (χ2v) is 10.4. The van der Waals surface area contributed by atoms with Crippen LogP contribution in [0, 0.1) is 12.7 Å². The molecule has 0 N–H and O–H groups in total. The van der Waals surface area contributed by atoms with Crippen LogP contribution in [0.4, 0.5) is 35.5 Å². The van der Waals surface area contributed by atoms with Gasteiger partial charge in [0.15, 0.2) is 0 Å². The monoisotopic (exact) mass is 583 g/mol. The normalized spacial score (nSPS) is 17.8. The molecule has 1 saturated heterocycles. The number of aryl methyl sites for hydroxylation is 1. The van der Waals surface area contributed by atoms with Gasteiger partial charge >= 0.3 is 18.4 Å². The van der Waals surface area contributed by atoms with Crippen LogP contribution in [0.3, 0.4) is 0 Å². The fourth-order valence-corrected chi connectivity index (χ4v) is 5.00. The SMILES string of the molecule is COc1cc(F)c(C(C)C)cc1-c1ccc(C)cc1CN1C(=O)O[C@H](c2cc(C(F)(F)F)cc(C(F)(F)F)c2)C1C. The summed E-state index contributed by atoms with van der Waals surface area (Å²) in [6, 6.07) is 8.62. The van der Waals surface area contributed by atoms with E-state index in [0.29, 0.717) is 34.4 Å². The van der Waals surface area contributed by atoms with Crippen LogP contribution in [0.5, 0.6) is 5.75 Å². The zero-order chi connectivity index (χ0) is 30.4. The summed E-state index contributed by atoms with van der Waals surface area (Å²) in [6.07, 6.45) is -12.4. The van der Waals surface area contributed by atoms with Crippen molar-refractivity contribution in [3.8, 4) is 16.9 Å². The van der Waals surface area contributed by atoms with Gasteiger partial charge in [-0.2, -0.15) is 26.3 Å². The third kappa shape index (κ3) is 6.13. The molecule has 11 heteroatoms. The third-order valence-corrected chi connectivity index (χ3v) is 7.16. The molecule has 2 atom stereocenters. The highest BCUT2D eigenvalue weighted by molar-refractivity contribution is 5.76. The van der Waals surface area contributed by atoms with E-state index in [1.165, 1.54) is 25.0 Å². The molecule has 41 heavy (non-hydrogen) atoms. The number of amides is 1. The van der Waals surface area contributed by atoms with Gasteiger partial charge in [0.05, 0.1) is 30.8 Å². The first-order valence-corrected chi connectivity index (χ1v) is 12.7. The number of carbonyl (C=O) groups excluding carboxylic acids is 1. The molecule has 1 aliphatic heterocycles. The molecule has 0 aliphatic carbocycles. The highest BCUT2D eigenvalue weighted by Crippen LogP contribution is 2.42. The molecule has 0 aromatic heterocycles. The van der Waals surface area contributed by atoms with Gasteiger partial charge in [-0.15, -0.1) is 0 Å². The summed E-state index contributed by atoms with van der Waals surface area (Å²) < 4.78 is 106. The second kappa shape index (κ2) is 10.9. The molecule has 220 valence electrons. The smallest absolute Gasteiger partial charge is 0.416 e. The molecule has 1 unspecified atom stereocenters. The van der Waals surface area contributed by atoms with Crippen LogP contribution >= 0.6 is 0 Å². The van der Waals surface area contributed by atoms with Gasteiger partial charge in [0.2, 0.25) is 0 Å². The third-order valence-electron chi connectivity index (χ3n) is 7.16. The zero-order valence-electron chi connectivity index (χ0n) is 22.9. The Morgan fingerprint density at radius 1 is 0.927 bits per heavy atom. The van der Waals surface area contributed by atoms with Crippen LogP contribution < -0.4 is 4.74 Å². The molecule has 0 saturated carbocycles. The van der Waals surface area contributed by atoms with Gasteiger partial charge in [-0.05, 0) is 66.3 Å². The minimum Gasteiger partial charge on any atom is -0.496 e. The van der Waals surface area contributed by atoms with Crippen molar-refractivity contribution in [3.63, 3.8) is 0 Å². The lowest BCUT2D eigenvalue weighted by Gasteiger charge is -2.24. The van der Waals surface area contributed by atoms with Crippen molar-refractivity contribution in [2.45, 2.75) is 64.7 Å². The quantitative estimate of drug-likeness (QED) is 0.272. The van der Waals surface area contributed by atoms with E-state index in [0.717, 1.165) is 5.56 Å². The standard InChI is InChI=1S/C30H28F7NO3/c1-15(2)23-12-24(26(40-5)13-25(23)31)22-7-6-16(3)8-19(22)14-38-17(4)27(41-28(38)39)18-9-20(29(32,33)34)11-21(10-18)30(35,36)37/h6-13,15,17,27H,14H2,1-5H3/t17?,27-/m0/s1. The van der Waals surface area contributed by atoms with Crippen molar-refractivity contribution >= 4 is 6.09 Å². The first-order chi connectivity index (χ1) is 19.0. The summed E-state index contributed by atoms with van der Waals surface area (Å²) in [7, 11) is 1.40. The molecule has 4 nitrogen and oxygen atoms in total. The molecule has 1 fully saturated rings. The maximum Gasteiger partial charge on any atom is 0.416 e. The van der Waals surface area contributed by atoms with Gasteiger partial charge in [0, 0.05) is 11.6 Å². The number of hydrogen-bond donors (Lipinski definition) is 0. The van der Waals surface area contributed by atoms with Crippen LogP contribution in [0.25, 0.3) is 11.1 Å².